The van der Waals surface area contributed by atoms with Crippen molar-refractivity contribution in [1.82, 2.24) is 14.9 Å². The lowest BCUT2D eigenvalue weighted by Crippen LogP contribution is -2.22. The number of aromatic nitrogens is 2. The van der Waals surface area contributed by atoms with E-state index < -0.39 is 5.82 Å². The van der Waals surface area contributed by atoms with Crippen LogP contribution in [0, 0.1) is 5.82 Å². The van der Waals surface area contributed by atoms with Crippen molar-refractivity contribution in [3.05, 3.63) is 65.2 Å². The summed E-state index contributed by atoms with van der Waals surface area (Å²) in [5.41, 5.74) is 1.97. The Kier molecular flexibility index (Phi) is 8.14. The van der Waals surface area contributed by atoms with Crippen LogP contribution in [0.2, 0.25) is 5.02 Å². The van der Waals surface area contributed by atoms with Crippen LogP contribution in [0.25, 0.3) is 10.9 Å². The maximum absolute atomic E-state index is 13.5. The van der Waals surface area contributed by atoms with Gasteiger partial charge in [0.05, 0.1) is 17.6 Å². The molecule has 6 nitrogen and oxygen atoms in total. The standard InChI is InChI=1S/C24H26ClFN4O2/c1-4-30(5-2)10-6-7-18(31)11-16-12-19-22(14-23(16)32-3)27-15-28-24(19)29-17-8-9-21(26)20(25)13-17/h6-9,12-15H,4-5,10-11H2,1-3H3,(H,27,28,29)/b7-6+. The zero-order valence-electron chi connectivity index (χ0n) is 18.4. The van der Waals surface area contributed by atoms with Crippen LogP contribution in [0.4, 0.5) is 15.9 Å². The molecule has 8 heteroatoms. The van der Waals surface area contributed by atoms with E-state index in [-0.39, 0.29) is 17.2 Å². The van der Waals surface area contributed by atoms with Crippen molar-refractivity contribution >= 4 is 39.8 Å². The number of nitrogens with one attached hydrogen (secondary N) is 1. The number of nitrogens with zero attached hydrogens (tertiary/aromatic N) is 3. The molecule has 0 fully saturated rings. The van der Waals surface area contributed by atoms with Gasteiger partial charge in [0.2, 0.25) is 0 Å². The summed E-state index contributed by atoms with van der Waals surface area (Å²) < 4.78 is 19.0. The lowest BCUT2D eigenvalue weighted by Gasteiger charge is -2.14. The van der Waals surface area contributed by atoms with Gasteiger partial charge in [-0.15, -0.1) is 0 Å². The van der Waals surface area contributed by atoms with Gasteiger partial charge in [-0.05, 0) is 43.4 Å². The number of benzene rings is 2. The summed E-state index contributed by atoms with van der Waals surface area (Å²) in [6.07, 6.45) is 5.11. The Balaban J connectivity index is 1.88. The van der Waals surface area contributed by atoms with E-state index in [0.717, 1.165) is 25.2 Å². The Morgan fingerprint density at radius 2 is 2.00 bits per heavy atom. The number of methoxy groups -OCH3 is 1. The molecule has 0 aliphatic heterocycles. The topological polar surface area (TPSA) is 67.4 Å². The fourth-order valence-corrected chi connectivity index (χ4v) is 3.51. The minimum Gasteiger partial charge on any atom is -0.496 e. The first kappa shape index (κ1) is 23.6. The van der Waals surface area contributed by atoms with E-state index in [0.29, 0.717) is 28.2 Å². The van der Waals surface area contributed by atoms with Crippen LogP contribution >= 0.6 is 11.6 Å². The van der Waals surface area contributed by atoms with E-state index in [2.05, 4.69) is 34.0 Å². The molecule has 0 atom stereocenters. The first-order valence-electron chi connectivity index (χ1n) is 10.4. The second-order valence-corrected chi connectivity index (χ2v) is 7.60. The third-order valence-corrected chi connectivity index (χ3v) is 5.44. The fourth-order valence-electron chi connectivity index (χ4n) is 3.33. The maximum atomic E-state index is 13.5. The highest BCUT2D eigenvalue weighted by Crippen LogP contribution is 2.31. The van der Waals surface area contributed by atoms with Gasteiger partial charge in [-0.25, -0.2) is 14.4 Å². The molecule has 3 rings (SSSR count). The number of halogens is 2. The lowest BCUT2D eigenvalue weighted by atomic mass is 10.0. The molecule has 0 spiro atoms. The van der Waals surface area contributed by atoms with Gasteiger partial charge in [-0.1, -0.05) is 31.5 Å². The predicted molar refractivity (Wildman–Crippen MR) is 126 cm³/mol. The highest BCUT2D eigenvalue weighted by molar-refractivity contribution is 6.31. The highest BCUT2D eigenvalue weighted by Gasteiger charge is 2.13. The molecule has 1 N–H and O–H groups in total. The molecule has 0 radical (unpaired) electrons. The number of allylic oxidation sites excluding steroid dienone is 1. The van der Waals surface area contributed by atoms with E-state index in [4.69, 9.17) is 16.3 Å². The Labute approximate surface area is 192 Å². The molecule has 0 bridgehead atoms. The number of ether oxygens (including phenoxy) is 1. The summed E-state index contributed by atoms with van der Waals surface area (Å²) in [5.74, 6) is 0.583. The molecule has 1 heterocycles. The van der Waals surface area contributed by atoms with Crippen LogP contribution in [0.15, 0.2) is 48.8 Å². The summed E-state index contributed by atoms with van der Waals surface area (Å²) in [5, 5.41) is 3.87. The fraction of sp³-hybridized carbons (Fsp3) is 0.292. The normalized spacial score (nSPS) is 11.4. The van der Waals surface area contributed by atoms with Gasteiger partial charge >= 0.3 is 0 Å². The molecule has 1 aromatic heterocycles. The summed E-state index contributed by atoms with van der Waals surface area (Å²) in [4.78, 5) is 23.4. The summed E-state index contributed by atoms with van der Waals surface area (Å²) >= 11 is 5.89. The quantitative estimate of drug-likeness (QED) is 0.424. The van der Waals surface area contributed by atoms with Gasteiger partial charge in [0.1, 0.15) is 23.7 Å². The SMILES string of the molecule is CCN(CC)C/C=C/C(=O)Cc1cc2c(Nc3ccc(F)c(Cl)c3)ncnc2cc1OC. The third-order valence-electron chi connectivity index (χ3n) is 5.15. The summed E-state index contributed by atoms with van der Waals surface area (Å²) in [6.45, 7) is 6.78. The van der Waals surface area contributed by atoms with Crippen molar-refractivity contribution in [2.24, 2.45) is 0 Å². The van der Waals surface area contributed by atoms with Crippen molar-refractivity contribution in [3.8, 4) is 5.75 Å². The molecular weight excluding hydrogens is 431 g/mol. The number of rotatable bonds is 10. The second kappa shape index (κ2) is 11.0. The van der Waals surface area contributed by atoms with E-state index >= 15 is 0 Å². The highest BCUT2D eigenvalue weighted by atomic mass is 35.5. The molecule has 0 aliphatic carbocycles. The molecule has 0 unspecified atom stereocenters. The first-order valence-corrected chi connectivity index (χ1v) is 10.8. The van der Waals surface area contributed by atoms with Crippen LogP contribution in [-0.4, -0.2) is 47.4 Å². The average Bonchev–Trinajstić information content (AvgIpc) is 2.79. The Morgan fingerprint density at radius 1 is 1.22 bits per heavy atom. The molecule has 0 amide bonds. The van der Waals surface area contributed by atoms with Crippen LogP contribution in [0.1, 0.15) is 19.4 Å². The monoisotopic (exact) mass is 456 g/mol. The zero-order chi connectivity index (χ0) is 23.1. The summed E-state index contributed by atoms with van der Waals surface area (Å²) in [6, 6.07) is 7.97. The van der Waals surface area contributed by atoms with Crippen LogP contribution in [0.3, 0.4) is 0 Å². The lowest BCUT2D eigenvalue weighted by molar-refractivity contribution is -0.114. The van der Waals surface area contributed by atoms with Crippen molar-refractivity contribution in [1.29, 1.82) is 0 Å². The predicted octanol–water partition coefficient (Wildman–Crippen LogP) is 5.18. The van der Waals surface area contributed by atoms with Crippen LogP contribution in [-0.2, 0) is 11.2 Å². The van der Waals surface area contributed by atoms with Gasteiger partial charge in [-0.3, -0.25) is 4.79 Å². The van der Waals surface area contributed by atoms with Crippen LogP contribution in [0.5, 0.6) is 5.75 Å². The summed E-state index contributed by atoms with van der Waals surface area (Å²) in [7, 11) is 1.56. The van der Waals surface area contributed by atoms with Gasteiger partial charge < -0.3 is 15.0 Å². The smallest absolute Gasteiger partial charge is 0.159 e. The molecule has 2 aromatic carbocycles. The minimum absolute atomic E-state index is 0.0119. The number of fused-ring (bicyclic) bond motifs is 1. The van der Waals surface area contributed by atoms with Crippen molar-refractivity contribution < 1.29 is 13.9 Å². The molecule has 0 saturated carbocycles. The van der Waals surface area contributed by atoms with Crippen molar-refractivity contribution in [2.75, 3.05) is 32.1 Å². The number of carbonyl (C=O) groups is 1. The number of carbonyl (C=O) groups excluding carboxylic acids is 1. The largest absolute Gasteiger partial charge is 0.496 e. The second-order valence-electron chi connectivity index (χ2n) is 7.19. The molecule has 0 aliphatic rings. The molecule has 3 aromatic rings. The minimum atomic E-state index is -0.496. The van der Waals surface area contributed by atoms with Gasteiger partial charge in [-0.2, -0.15) is 0 Å². The van der Waals surface area contributed by atoms with Crippen LogP contribution < -0.4 is 10.1 Å². The number of anilines is 2. The van der Waals surface area contributed by atoms with Gasteiger partial charge in [0, 0.05) is 35.7 Å². The van der Waals surface area contributed by atoms with E-state index in [1.54, 1.807) is 25.3 Å². The van der Waals surface area contributed by atoms with E-state index in [1.165, 1.54) is 18.5 Å². The molecule has 0 saturated heterocycles. The molecule has 32 heavy (non-hydrogen) atoms. The Hall–Kier alpha value is -3.03. The average molecular weight is 457 g/mol. The van der Waals surface area contributed by atoms with E-state index in [1.807, 2.05) is 12.1 Å². The van der Waals surface area contributed by atoms with Gasteiger partial charge in [0.25, 0.3) is 0 Å². The number of hydrogen-bond donors (Lipinski definition) is 1. The molecular formula is C24H26ClFN4O2. The van der Waals surface area contributed by atoms with Crippen molar-refractivity contribution in [2.45, 2.75) is 20.3 Å². The Morgan fingerprint density at radius 3 is 2.69 bits per heavy atom. The zero-order valence-corrected chi connectivity index (χ0v) is 19.1. The number of hydrogen-bond acceptors (Lipinski definition) is 6. The molecule has 168 valence electrons. The first-order chi connectivity index (χ1) is 15.4. The van der Waals surface area contributed by atoms with Crippen molar-refractivity contribution in [3.63, 3.8) is 0 Å². The number of ketones is 1. The maximum Gasteiger partial charge on any atom is 0.159 e. The van der Waals surface area contributed by atoms with E-state index in [9.17, 15) is 9.18 Å². The number of likely N-dealkylation sites (N-methyl/N-ethyl adjacent to an activating group) is 1. The van der Waals surface area contributed by atoms with Gasteiger partial charge in [0.15, 0.2) is 5.78 Å². The Bertz CT molecular complexity index is 1130. The third kappa shape index (κ3) is 5.81.